The van der Waals surface area contributed by atoms with E-state index in [-0.39, 0.29) is 43.5 Å². The lowest BCUT2D eigenvalue weighted by atomic mass is 9.83. The number of carboxylic acid groups (broad SMARTS) is 2. The van der Waals surface area contributed by atoms with Gasteiger partial charge >= 0.3 is 11.9 Å². The molecule has 6 atom stereocenters. The van der Waals surface area contributed by atoms with Gasteiger partial charge in [-0.25, -0.2) is 0 Å². The van der Waals surface area contributed by atoms with E-state index >= 15 is 0 Å². The Balaban J connectivity index is 2.14. The van der Waals surface area contributed by atoms with E-state index in [1.54, 1.807) is 0 Å². The van der Waals surface area contributed by atoms with Crippen LogP contribution in [0.5, 0.6) is 0 Å². The van der Waals surface area contributed by atoms with Crippen molar-refractivity contribution in [1.29, 1.82) is 0 Å². The average Bonchev–Trinajstić information content (AvgIpc) is 2.87. The number of hydrogen-bond donors (Lipinski definition) is 4. The van der Waals surface area contributed by atoms with Gasteiger partial charge in [0.1, 0.15) is 0 Å². The van der Waals surface area contributed by atoms with E-state index in [4.69, 9.17) is 0 Å². The fourth-order valence-electron chi connectivity index (χ4n) is 5.53. The van der Waals surface area contributed by atoms with Gasteiger partial charge in [0.05, 0.1) is 17.8 Å². The number of amides is 2. The van der Waals surface area contributed by atoms with Crippen LogP contribution < -0.4 is 10.6 Å². The van der Waals surface area contributed by atoms with Crippen LogP contribution in [-0.2, 0) is 19.2 Å². The zero-order valence-corrected chi connectivity index (χ0v) is 20.2. The van der Waals surface area contributed by atoms with Gasteiger partial charge in [-0.05, 0) is 50.9 Å². The summed E-state index contributed by atoms with van der Waals surface area (Å²) in [6, 6.07) is 0.0835. The highest BCUT2D eigenvalue weighted by Gasteiger charge is 2.38. The van der Waals surface area contributed by atoms with Crippen LogP contribution in [0.4, 0.5) is 0 Å². The van der Waals surface area contributed by atoms with Crippen LogP contribution in [-0.4, -0.2) is 47.1 Å². The second-order valence-electron chi connectivity index (χ2n) is 10.2. The summed E-state index contributed by atoms with van der Waals surface area (Å²) in [6.07, 6.45) is 9.77. The molecule has 0 heterocycles. The van der Waals surface area contributed by atoms with Crippen LogP contribution in [0.25, 0.3) is 0 Å². The largest absolute Gasteiger partial charge is 0.481 e. The van der Waals surface area contributed by atoms with Crippen molar-refractivity contribution in [3.8, 4) is 0 Å². The molecule has 2 amide bonds. The quantitative estimate of drug-likeness (QED) is 0.489. The molecule has 6 unspecified atom stereocenters. The van der Waals surface area contributed by atoms with Crippen LogP contribution in [0, 0.1) is 29.6 Å². The second-order valence-corrected chi connectivity index (χ2v) is 10.2. The van der Waals surface area contributed by atoms with Crippen molar-refractivity contribution >= 4 is 23.8 Å². The zero-order valence-electron chi connectivity index (χ0n) is 20.2. The molecule has 0 aromatic carbocycles. The normalized spacial score (nSPS) is 32.3. The van der Waals surface area contributed by atoms with Gasteiger partial charge in [-0.15, -0.1) is 0 Å². The molecule has 0 saturated heterocycles. The highest BCUT2D eigenvalue weighted by molar-refractivity contribution is 5.85. The smallest absolute Gasteiger partial charge is 0.307 e. The lowest BCUT2D eigenvalue weighted by molar-refractivity contribution is -0.148. The molecule has 188 valence electrons. The molecule has 0 aromatic rings. The van der Waals surface area contributed by atoms with Crippen molar-refractivity contribution in [3.63, 3.8) is 0 Å². The first-order valence-electron chi connectivity index (χ1n) is 12.7. The predicted molar refractivity (Wildman–Crippen MR) is 124 cm³/mol. The summed E-state index contributed by atoms with van der Waals surface area (Å²) in [7, 11) is 1.47. The number of carbonyl (C=O) groups excluding carboxylic acids is 2. The third-order valence-electron chi connectivity index (χ3n) is 7.67. The molecule has 2 saturated carbocycles. The van der Waals surface area contributed by atoms with E-state index in [1.165, 1.54) is 19.9 Å². The van der Waals surface area contributed by atoms with E-state index in [9.17, 15) is 29.4 Å². The highest BCUT2D eigenvalue weighted by Crippen LogP contribution is 2.33. The maximum absolute atomic E-state index is 13.3. The number of nitrogens with one attached hydrogen (secondary N) is 2. The summed E-state index contributed by atoms with van der Waals surface area (Å²) in [4.78, 5) is 49.4. The Morgan fingerprint density at radius 2 is 1.27 bits per heavy atom. The first kappa shape index (κ1) is 27.1. The summed E-state index contributed by atoms with van der Waals surface area (Å²) in [5, 5.41) is 25.1. The fourth-order valence-corrected chi connectivity index (χ4v) is 5.53. The minimum atomic E-state index is -1.09. The van der Waals surface area contributed by atoms with Crippen LogP contribution >= 0.6 is 0 Å². The molecule has 2 fully saturated rings. The summed E-state index contributed by atoms with van der Waals surface area (Å²) in [5.74, 6) is -4.98. The van der Waals surface area contributed by atoms with Crippen LogP contribution in [0.1, 0.15) is 90.4 Å². The molecule has 2 rings (SSSR count). The summed E-state index contributed by atoms with van der Waals surface area (Å²) in [5.41, 5.74) is 0. The van der Waals surface area contributed by atoms with Gasteiger partial charge < -0.3 is 20.8 Å². The van der Waals surface area contributed by atoms with Gasteiger partial charge in [-0.2, -0.15) is 0 Å². The number of rotatable bonds is 5. The molecule has 0 aromatic heterocycles. The molecule has 2 aliphatic carbocycles. The third-order valence-corrected chi connectivity index (χ3v) is 7.67. The Morgan fingerprint density at radius 1 is 0.667 bits per heavy atom. The number of hydrogen-bond acceptors (Lipinski definition) is 4. The summed E-state index contributed by atoms with van der Waals surface area (Å²) in [6.45, 7) is 2.28. The molecule has 0 radical (unpaired) electrons. The van der Waals surface area contributed by atoms with Crippen molar-refractivity contribution in [2.75, 3.05) is 7.05 Å². The average molecular weight is 467 g/mol. The Kier molecular flexibility index (Phi) is 11.1. The lowest BCUT2D eigenvalue weighted by Crippen LogP contribution is -2.40. The van der Waals surface area contributed by atoms with E-state index in [1.807, 2.05) is 0 Å². The highest BCUT2D eigenvalue weighted by atomic mass is 16.4. The second kappa shape index (κ2) is 13.6. The number of carboxylic acids is 2. The van der Waals surface area contributed by atoms with Gasteiger partial charge in [-0.3, -0.25) is 19.2 Å². The molecule has 0 spiro atoms. The van der Waals surface area contributed by atoms with E-state index < -0.39 is 35.6 Å². The molecule has 33 heavy (non-hydrogen) atoms. The third kappa shape index (κ3) is 8.63. The Bertz CT molecular complexity index is 682. The van der Waals surface area contributed by atoms with Crippen LogP contribution in [0.15, 0.2) is 0 Å². The Labute approximate surface area is 197 Å². The number of carbonyl (C=O) groups is 4. The Morgan fingerprint density at radius 3 is 1.94 bits per heavy atom. The molecule has 8 heteroatoms. The van der Waals surface area contributed by atoms with Gasteiger partial charge in [0, 0.05) is 19.0 Å². The Hall–Kier alpha value is -2.12. The number of aliphatic carboxylic acids is 2. The predicted octanol–water partition coefficient (Wildman–Crippen LogP) is 3.59. The maximum atomic E-state index is 13.3. The van der Waals surface area contributed by atoms with Crippen molar-refractivity contribution in [1.82, 2.24) is 10.6 Å². The van der Waals surface area contributed by atoms with Crippen LogP contribution in [0.2, 0.25) is 0 Å². The molecule has 8 nitrogen and oxygen atoms in total. The monoisotopic (exact) mass is 466 g/mol. The van der Waals surface area contributed by atoms with Crippen molar-refractivity contribution < 1.29 is 29.4 Å². The SMILES string of the molecule is CNC(=O)C1CCC(C(=O)NC2CCCCCC(C)CCC2)CC(C(=O)O)CCC1C(=O)O. The van der Waals surface area contributed by atoms with Crippen molar-refractivity contribution in [2.24, 2.45) is 29.6 Å². The molecular weight excluding hydrogens is 424 g/mol. The topological polar surface area (TPSA) is 133 Å². The molecule has 0 bridgehead atoms. The molecule has 0 aliphatic heterocycles. The summed E-state index contributed by atoms with van der Waals surface area (Å²) >= 11 is 0. The fraction of sp³-hybridized carbons (Fsp3) is 0.840. The van der Waals surface area contributed by atoms with Crippen molar-refractivity contribution in [2.45, 2.75) is 96.4 Å². The first-order chi connectivity index (χ1) is 15.7. The van der Waals surface area contributed by atoms with E-state index in [2.05, 4.69) is 17.6 Å². The minimum Gasteiger partial charge on any atom is -0.481 e. The first-order valence-corrected chi connectivity index (χ1v) is 12.7. The van der Waals surface area contributed by atoms with Crippen molar-refractivity contribution in [3.05, 3.63) is 0 Å². The molecule has 2 aliphatic rings. The van der Waals surface area contributed by atoms with Crippen LogP contribution in [0.3, 0.4) is 0 Å². The maximum Gasteiger partial charge on any atom is 0.307 e. The van der Waals surface area contributed by atoms with E-state index in [0.717, 1.165) is 38.5 Å². The van der Waals surface area contributed by atoms with Gasteiger partial charge in [0.2, 0.25) is 11.8 Å². The standard InChI is InChI=1S/C25H42N2O6/c1-16-7-4-3-5-9-19(10-6-8-16)27-22(28)17-11-13-20(23(29)26-2)21(25(32)33)14-12-18(15-17)24(30)31/h16-21H,3-15H2,1-2H3,(H,26,29)(H,27,28)(H,30,31)(H,32,33). The van der Waals surface area contributed by atoms with Gasteiger partial charge in [0.25, 0.3) is 0 Å². The van der Waals surface area contributed by atoms with Gasteiger partial charge in [0.15, 0.2) is 0 Å². The van der Waals surface area contributed by atoms with Gasteiger partial charge in [-0.1, -0.05) is 45.4 Å². The van der Waals surface area contributed by atoms with E-state index in [0.29, 0.717) is 12.3 Å². The molecule has 4 N–H and O–H groups in total. The zero-order chi connectivity index (χ0) is 24.4. The molecular formula is C25H42N2O6. The lowest BCUT2D eigenvalue weighted by Gasteiger charge is -2.26. The minimum absolute atomic E-state index is 0.0835. The summed E-state index contributed by atoms with van der Waals surface area (Å²) < 4.78 is 0.